The van der Waals surface area contributed by atoms with Crippen LogP contribution in [0.25, 0.3) is 0 Å². The van der Waals surface area contributed by atoms with Crippen LogP contribution in [0, 0.1) is 5.41 Å². The Morgan fingerprint density at radius 3 is 2.80 bits per heavy atom. The number of rotatable bonds is 5. The standard InChI is InChI=1S/C11H16N2OS/c1-3-15-7-8-4-5-10(14-2)9(6-8)11(12)13/h4-6H,3,7H2,1-2H3,(H3,12,13). The normalized spacial score (nSPS) is 10.0. The molecule has 4 heteroatoms. The molecule has 1 rings (SSSR count). The van der Waals surface area contributed by atoms with Gasteiger partial charge < -0.3 is 10.5 Å². The van der Waals surface area contributed by atoms with Crippen LogP contribution in [0.3, 0.4) is 0 Å². The van der Waals surface area contributed by atoms with E-state index in [0.717, 1.165) is 11.5 Å². The Hall–Kier alpha value is -1.16. The highest BCUT2D eigenvalue weighted by Gasteiger charge is 2.06. The van der Waals surface area contributed by atoms with Crippen molar-refractivity contribution in [2.45, 2.75) is 12.7 Å². The Morgan fingerprint density at radius 2 is 2.27 bits per heavy atom. The highest BCUT2D eigenvalue weighted by molar-refractivity contribution is 7.98. The summed E-state index contributed by atoms with van der Waals surface area (Å²) in [5, 5.41) is 7.44. The van der Waals surface area contributed by atoms with Crippen molar-refractivity contribution in [3.8, 4) is 5.75 Å². The highest BCUT2D eigenvalue weighted by atomic mass is 32.2. The molecule has 0 atom stereocenters. The van der Waals surface area contributed by atoms with Crippen LogP contribution in [0.15, 0.2) is 18.2 Å². The van der Waals surface area contributed by atoms with E-state index in [2.05, 4.69) is 6.92 Å². The van der Waals surface area contributed by atoms with E-state index in [4.69, 9.17) is 15.9 Å². The number of hydrogen-bond acceptors (Lipinski definition) is 3. The molecule has 0 bridgehead atoms. The molecule has 1 aromatic rings. The average Bonchev–Trinajstić information content (AvgIpc) is 2.25. The third-order valence-electron chi connectivity index (χ3n) is 2.03. The van der Waals surface area contributed by atoms with E-state index in [1.54, 1.807) is 7.11 Å². The summed E-state index contributed by atoms with van der Waals surface area (Å²) < 4.78 is 5.14. The lowest BCUT2D eigenvalue weighted by Crippen LogP contribution is -2.12. The first kappa shape index (κ1) is 11.9. The number of nitrogens with one attached hydrogen (secondary N) is 1. The van der Waals surface area contributed by atoms with Crippen LogP contribution in [-0.4, -0.2) is 18.7 Å². The van der Waals surface area contributed by atoms with Crippen molar-refractivity contribution in [2.24, 2.45) is 5.73 Å². The van der Waals surface area contributed by atoms with Gasteiger partial charge in [0.25, 0.3) is 0 Å². The smallest absolute Gasteiger partial charge is 0.129 e. The molecule has 3 nitrogen and oxygen atoms in total. The molecule has 0 unspecified atom stereocenters. The fourth-order valence-electron chi connectivity index (χ4n) is 1.28. The molecule has 0 aliphatic heterocycles. The minimum Gasteiger partial charge on any atom is -0.496 e. The monoisotopic (exact) mass is 224 g/mol. The van der Waals surface area contributed by atoms with Crippen molar-refractivity contribution >= 4 is 17.6 Å². The van der Waals surface area contributed by atoms with Crippen molar-refractivity contribution in [2.75, 3.05) is 12.9 Å². The van der Waals surface area contributed by atoms with Crippen LogP contribution in [0.4, 0.5) is 0 Å². The quantitative estimate of drug-likeness (QED) is 0.595. The molecule has 0 aromatic heterocycles. The first-order valence-electron chi connectivity index (χ1n) is 4.78. The number of nitrogens with two attached hydrogens (primary N) is 1. The van der Waals surface area contributed by atoms with Crippen LogP contribution < -0.4 is 10.5 Å². The first-order valence-corrected chi connectivity index (χ1v) is 5.93. The number of thioether (sulfide) groups is 1. The molecule has 0 aliphatic rings. The van der Waals surface area contributed by atoms with Gasteiger partial charge in [0, 0.05) is 5.75 Å². The van der Waals surface area contributed by atoms with E-state index >= 15 is 0 Å². The third-order valence-corrected chi connectivity index (χ3v) is 2.97. The topological polar surface area (TPSA) is 59.1 Å². The predicted molar refractivity (Wildman–Crippen MR) is 65.8 cm³/mol. The largest absolute Gasteiger partial charge is 0.496 e. The maximum Gasteiger partial charge on any atom is 0.129 e. The molecule has 1 aromatic carbocycles. The number of benzene rings is 1. The second kappa shape index (κ2) is 5.66. The zero-order valence-electron chi connectivity index (χ0n) is 9.04. The Bertz CT molecular complexity index is 352. The number of nitrogen functional groups attached to an aromatic ring is 1. The Balaban J connectivity index is 2.94. The molecule has 0 saturated carbocycles. The lowest BCUT2D eigenvalue weighted by Gasteiger charge is -2.09. The zero-order valence-corrected chi connectivity index (χ0v) is 9.86. The van der Waals surface area contributed by atoms with Crippen LogP contribution in [0.1, 0.15) is 18.1 Å². The Labute approximate surface area is 94.5 Å². The van der Waals surface area contributed by atoms with E-state index in [-0.39, 0.29) is 5.84 Å². The maximum absolute atomic E-state index is 7.44. The molecule has 0 aliphatic carbocycles. The molecule has 0 saturated heterocycles. The number of methoxy groups -OCH3 is 1. The number of amidine groups is 1. The summed E-state index contributed by atoms with van der Waals surface area (Å²) in [6.07, 6.45) is 0. The minimum atomic E-state index is 0.0511. The maximum atomic E-state index is 7.44. The molecule has 0 spiro atoms. The Morgan fingerprint density at radius 1 is 1.53 bits per heavy atom. The van der Waals surface area contributed by atoms with Crippen molar-refractivity contribution in [1.82, 2.24) is 0 Å². The highest BCUT2D eigenvalue weighted by Crippen LogP contribution is 2.21. The number of hydrogen-bond donors (Lipinski definition) is 2. The van der Waals surface area contributed by atoms with Gasteiger partial charge >= 0.3 is 0 Å². The molecule has 0 radical (unpaired) electrons. The first-order chi connectivity index (χ1) is 7.19. The second-order valence-corrected chi connectivity index (χ2v) is 4.36. The molecular formula is C11H16N2OS. The van der Waals surface area contributed by atoms with Crippen LogP contribution in [0.5, 0.6) is 5.75 Å². The minimum absolute atomic E-state index is 0.0511. The summed E-state index contributed by atoms with van der Waals surface area (Å²) in [4.78, 5) is 0. The van der Waals surface area contributed by atoms with Crippen LogP contribution >= 0.6 is 11.8 Å². The van der Waals surface area contributed by atoms with Gasteiger partial charge in [0.05, 0.1) is 12.7 Å². The second-order valence-electron chi connectivity index (χ2n) is 3.09. The Kier molecular flexibility index (Phi) is 4.49. The summed E-state index contributed by atoms with van der Waals surface area (Å²) in [7, 11) is 1.59. The predicted octanol–water partition coefficient (Wildman–Crippen LogP) is 2.23. The fourth-order valence-corrected chi connectivity index (χ4v) is 1.89. The van der Waals surface area contributed by atoms with Gasteiger partial charge in [-0.05, 0) is 23.4 Å². The average molecular weight is 224 g/mol. The molecule has 15 heavy (non-hydrogen) atoms. The van der Waals surface area contributed by atoms with Gasteiger partial charge in [-0.3, -0.25) is 5.41 Å². The van der Waals surface area contributed by atoms with Crippen molar-refractivity contribution in [1.29, 1.82) is 5.41 Å². The zero-order chi connectivity index (χ0) is 11.3. The van der Waals surface area contributed by atoms with Gasteiger partial charge in [-0.2, -0.15) is 11.8 Å². The van der Waals surface area contributed by atoms with E-state index in [9.17, 15) is 0 Å². The molecule has 3 N–H and O–H groups in total. The lowest BCUT2D eigenvalue weighted by atomic mass is 10.1. The summed E-state index contributed by atoms with van der Waals surface area (Å²) >= 11 is 1.84. The van der Waals surface area contributed by atoms with Gasteiger partial charge in [-0.25, -0.2) is 0 Å². The molecule has 0 amide bonds. The lowest BCUT2D eigenvalue weighted by molar-refractivity contribution is 0.413. The summed E-state index contributed by atoms with van der Waals surface area (Å²) in [5.74, 6) is 2.74. The van der Waals surface area contributed by atoms with Gasteiger partial charge in [0.15, 0.2) is 0 Å². The van der Waals surface area contributed by atoms with E-state index in [0.29, 0.717) is 11.3 Å². The molecule has 0 heterocycles. The van der Waals surface area contributed by atoms with Crippen LogP contribution in [0.2, 0.25) is 0 Å². The SMILES string of the molecule is CCSCc1ccc(OC)c(C(=N)N)c1. The summed E-state index contributed by atoms with van der Waals surface area (Å²) in [6.45, 7) is 2.13. The summed E-state index contributed by atoms with van der Waals surface area (Å²) in [5.41, 5.74) is 7.33. The summed E-state index contributed by atoms with van der Waals surface area (Å²) in [6, 6.07) is 5.79. The van der Waals surface area contributed by atoms with Gasteiger partial charge in [-0.15, -0.1) is 0 Å². The van der Waals surface area contributed by atoms with E-state index in [1.165, 1.54) is 5.56 Å². The van der Waals surface area contributed by atoms with Crippen molar-refractivity contribution < 1.29 is 4.74 Å². The molecule has 0 fully saturated rings. The van der Waals surface area contributed by atoms with Crippen LogP contribution in [-0.2, 0) is 5.75 Å². The van der Waals surface area contributed by atoms with E-state index < -0.39 is 0 Å². The molecule has 82 valence electrons. The van der Waals surface area contributed by atoms with Gasteiger partial charge in [-0.1, -0.05) is 13.0 Å². The van der Waals surface area contributed by atoms with Crippen molar-refractivity contribution in [3.63, 3.8) is 0 Å². The number of ether oxygens (including phenoxy) is 1. The van der Waals surface area contributed by atoms with E-state index in [1.807, 2.05) is 30.0 Å². The third kappa shape index (κ3) is 3.16. The van der Waals surface area contributed by atoms with Crippen molar-refractivity contribution in [3.05, 3.63) is 29.3 Å². The fraction of sp³-hybridized carbons (Fsp3) is 0.364. The van der Waals surface area contributed by atoms with Gasteiger partial charge in [0.1, 0.15) is 11.6 Å². The van der Waals surface area contributed by atoms with Gasteiger partial charge in [0.2, 0.25) is 0 Å². The molecular weight excluding hydrogens is 208 g/mol.